The Hall–Kier alpha value is -0.420. The van der Waals surface area contributed by atoms with E-state index in [1.54, 1.807) is 11.3 Å². The zero-order chi connectivity index (χ0) is 11.8. The molecule has 3 nitrogen and oxygen atoms in total. The van der Waals surface area contributed by atoms with E-state index in [1.807, 2.05) is 0 Å². The number of thiophene rings is 1. The van der Waals surface area contributed by atoms with E-state index in [-0.39, 0.29) is 0 Å². The standard InChI is InChI=1S/C13H21NO2S/c1-2-7-16-12(4-1)11-15-8-6-14-10-13-5-3-9-17-13/h3,5,9,12,14H,1-2,4,6-8,10-11H2. The van der Waals surface area contributed by atoms with Gasteiger partial charge in [0.15, 0.2) is 0 Å². The monoisotopic (exact) mass is 255 g/mol. The summed E-state index contributed by atoms with van der Waals surface area (Å²) < 4.78 is 11.2. The molecule has 1 fully saturated rings. The average Bonchev–Trinajstić information content (AvgIpc) is 2.88. The van der Waals surface area contributed by atoms with Gasteiger partial charge in [0.25, 0.3) is 0 Å². The van der Waals surface area contributed by atoms with Crippen molar-refractivity contribution in [1.29, 1.82) is 0 Å². The average molecular weight is 255 g/mol. The van der Waals surface area contributed by atoms with E-state index >= 15 is 0 Å². The molecule has 96 valence electrons. The topological polar surface area (TPSA) is 30.5 Å². The Balaban J connectivity index is 1.43. The van der Waals surface area contributed by atoms with Gasteiger partial charge in [-0.2, -0.15) is 0 Å². The van der Waals surface area contributed by atoms with E-state index in [9.17, 15) is 0 Å². The fraction of sp³-hybridized carbons (Fsp3) is 0.692. The number of hydrogen-bond donors (Lipinski definition) is 1. The SMILES string of the molecule is c1csc(CNCCOCC2CCCCO2)c1. The molecule has 2 rings (SSSR count). The highest BCUT2D eigenvalue weighted by Gasteiger charge is 2.13. The van der Waals surface area contributed by atoms with Gasteiger partial charge in [-0.15, -0.1) is 11.3 Å². The molecular formula is C13H21NO2S. The highest BCUT2D eigenvalue weighted by molar-refractivity contribution is 7.09. The van der Waals surface area contributed by atoms with Gasteiger partial charge in [-0.1, -0.05) is 6.07 Å². The number of ether oxygens (including phenoxy) is 2. The fourth-order valence-electron chi connectivity index (χ4n) is 1.92. The van der Waals surface area contributed by atoms with Crippen molar-refractivity contribution in [2.75, 3.05) is 26.4 Å². The first-order valence-corrected chi connectivity index (χ1v) is 7.25. The summed E-state index contributed by atoms with van der Waals surface area (Å²) in [6.45, 7) is 4.28. The van der Waals surface area contributed by atoms with Crippen molar-refractivity contribution in [3.05, 3.63) is 22.4 Å². The quantitative estimate of drug-likeness (QED) is 0.759. The summed E-state index contributed by atoms with van der Waals surface area (Å²) in [5, 5.41) is 5.48. The maximum atomic E-state index is 5.61. The van der Waals surface area contributed by atoms with Crippen LogP contribution in [0.4, 0.5) is 0 Å². The van der Waals surface area contributed by atoms with Crippen LogP contribution < -0.4 is 5.32 Å². The van der Waals surface area contributed by atoms with E-state index in [4.69, 9.17) is 9.47 Å². The van der Waals surface area contributed by atoms with Gasteiger partial charge in [0.1, 0.15) is 0 Å². The number of hydrogen-bond acceptors (Lipinski definition) is 4. The van der Waals surface area contributed by atoms with E-state index < -0.39 is 0 Å². The first-order chi connectivity index (χ1) is 8.45. The van der Waals surface area contributed by atoms with Gasteiger partial charge < -0.3 is 14.8 Å². The van der Waals surface area contributed by atoms with Crippen LogP contribution in [0.1, 0.15) is 24.1 Å². The third-order valence-corrected chi connectivity index (χ3v) is 3.76. The summed E-state index contributed by atoms with van der Waals surface area (Å²) in [6.07, 6.45) is 3.98. The summed E-state index contributed by atoms with van der Waals surface area (Å²) in [7, 11) is 0. The van der Waals surface area contributed by atoms with Crippen LogP contribution >= 0.6 is 11.3 Å². The molecule has 2 heterocycles. The molecule has 0 radical (unpaired) electrons. The Morgan fingerprint density at radius 1 is 1.47 bits per heavy atom. The Labute approximate surface area is 107 Å². The molecule has 1 aliphatic heterocycles. The Bertz CT molecular complexity index is 284. The highest BCUT2D eigenvalue weighted by Crippen LogP contribution is 2.12. The lowest BCUT2D eigenvalue weighted by molar-refractivity contribution is -0.0399. The van der Waals surface area contributed by atoms with Gasteiger partial charge in [0, 0.05) is 24.6 Å². The van der Waals surface area contributed by atoms with Crippen LogP contribution in [0.25, 0.3) is 0 Å². The lowest BCUT2D eigenvalue weighted by atomic mass is 10.1. The minimum absolute atomic E-state index is 0.334. The minimum atomic E-state index is 0.334. The van der Waals surface area contributed by atoms with Crippen LogP contribution in [0, 0.1) is 0 Å². The van der Waals surface area contributed by atoms with Crippen LogP contribution in [0.3, 0.4) is 0 Å². The highest BCUT2D eigenvalue weighted by atomic mass is 32.1. The second kappa shape index (κ2) is 7.82. The van der Waals surface area contributed by atoms with Gasteiger partial charge in [-0.3, -0.25) is 0 Å². The van der Waals surface area contributed by atoms with Crippen molar-refractivity contribution in [1.82, 2.24) is 5.32 Å². The van der Waals surface area contributed by atoms with E-state index in [1.165, 1.54) is 17.7 Å². The lowest BCUT2D eigenvalue weighted by Gasteiger charge is -2.22. The second-order valence-corrected chi connectivity index (χ2v) is 5.35. The van der Waals surface area contributed by atoms with Gasteiger partial charge >= 0.3 is 0 Å². The van der Waals surface area contributed by atoms with Crippen molar-refractivity contribution >= 4 is 11.3 Å². The first-order valence-electron chi connectivity index (χ1n) is 6.37. The minimum Gasteiger partial charge on any atom is -0.377 e. The molecule has 0 spiro atoms. The normalized spacial score (nSPS) is 20.6. The molecular weight excluding hydrogens is 234 g/mol. The molecule has 1 unspecified atom stereocenters. The van der Waals surface area contributed by atoms with Gasteiger partial charge in [0.05, 0.1) is 19.3 Å². The summed E-state index contributed by atoms with van der Waals surface area (Å²) in [5.41, 5.74) is 0. The molecule has 1 aromatic heterocycles. The van der Waals surface area contributed by atoms with Crippen molar-refractivity contribution in [2.45, 2.75) is 31.9 Å². The number of nitrogens with one attached hydrogen (secondary N) is 1. The molecule has 1 atom stereocenters. The van der Waals surface area contributed by atoms with Crippen LogP contribution in [-0.2, 0) is 16.0 Å². The predicted octanol–water partition coefficient (Wildman–Crippen LogP) is 2.42. The molecule has 1 saturated heterocycles. The van der Waals surface area contributed by atoms with Crippen molar-refractivity contribution in [3.8, 4) is 0 Å². The Morgan fingerprint density at radius 2 is 2.47 bits per heavy atom. The third kappa shape index (κ3) is 5.17. The number of rotatable bonds is 7. The maximum absolute atomic E-state index is 5.61. The van der Waals surface area contributed by atoms with Crippen molar-refractivity contribution in [2.24, 2.45) is 0 Å². The molecule has 0 aliphatic carbocycles. The lowest BCUT2D eigenvalue weighted by Crippen LogP contribution is -2.26. The predicted molar refractivity (Wildman–Crippen MR) is 70.4 cm³/mol. The summed E-state index contributed by atoms with van der Waals surface area (Å²) >= 11 is 1.79. The molecule has 0 amide bonds. The van der Waals surface area contributed by atoms with Gasteiger partial charge in [-0.05, 0) is 30.7 Å². The molecule has 1 aromatic rings. The fourth-order valence-corrected chi connectivity index (χ4v) is 2.60. The maximum Gasteiger partial charge on any atom is 0.0808 e. The Kier molecular flexibility index (Phi) is 5.99. The molecule has 0 aromatic carbocycles. The molecule has 4 heteroatoms. The van der Waals surface area contributed by atoms with Crippen LogP contribution in [0.15, 0.2) is 17.5 Å². The smallest absolute Gasteiger partial charge is 0.0808 e. The molecule has 1 N–H and O–H groups in total. The van der Waals surface area contributed by atoms with Gasteiger partial charge in [-0.25, -0.2) is 0 Å². The second-order valence-electron chi connectivity index (χ2n) is 4.32. The van der Waals surface area contributed by atoms with Crippen LogP contribution in [0.5, 0.6) is 0 Å². The first kappa shape index (κ1) is 13.0. The summed E-state index contributed by atoms with van der Waals surface area (Å²) in [4.78, 5) is 1.38. The van der Waals surface area contributed by atoms with E-state index in [0.29, 0.717) is 6.10 Å². The van der Waals surface area contributed by atoms with Crippen molar-refractivity contribution in [3.63, 3.8) is 0 Å². The van der Waals surface area contributed by atoms with Crippen LogP contribution in [0.2, 0.25) is 0 Å². The van der Waals surface area contributed by atoms with Crippen molar-refractivity contribution < 1.29 is 9.47 Å². The summed E-state index contributed by atoms with van der Waals surface area (Å²) in [5.74, 6) is 0. The zero-order valence-corrected chi connectivity index (χ0v) is 11.0. The van der Waals surface area contributed by atoms with E-state index in [0.717, 1.165) is 39.3 Å². The molecule has 0 saturated carbocycles. The molecule has 0 bridgehead atoms. The largest absolute Gasteiger partial charge is 0.377 e. The van der Waals surface area contributed by atoms with Crippen LogP contribution in [-0.4, -0.2) is 32.5 Å². The zero-order valence-electron chi connectivity index (χ0n) is 10.2. The third-order valence-electron chi connectivity index (χ3n) is 2.88. The molecule has 1 aliphatic rings. The van der Waals surface area contributed by atoms with Gasteiger partial charge in [0.2, 0.25) is 0 Å². The Morgan fingerprint density at radius 3 is 3.24 bits per heavy atom. The molecule has 17 heavy (non-hydrogen) atoms. The summed E-state index contributed by atoms with van der Waals surface area (Å²) in [6, 6.07) is 4.23. The van der Waals surface area contributed by atoms with E-state index in [2.05, 4.69) is 22.8 Å².